The molecule has 6 atom stereocenters. The van der Waals surface area contributed by atoms with E-state index in [-0.39, 0.29) is 36.8 Å². The maximum atomic E-state index is 15.0. The number of carbonyl (C=O) groups is 3. The highest BCUT2D eigenvalue weighted by Crippen LogP contribution is 2.59. The van der Waals surface area contributed by atoms with Gasteiger partial charge in [-0.2, -0.15) is 0 Å². The number of hydrogen-bond donors (Lipinski definition) is 1. The molecule has 3 aromatic rings. The third-order valence-electron chi connectivity index (χ3n) is 10.1. The van der Waals surface area contributed by atoms with Gasteiger partial charge in [-0.1, -0.05) is 86.7 Å². The van der Waals surface area contributed by atoms with E-state index < -0.39 is 35.6 Å². The lowest BCUT2D eigenvalue weighted by atomic mass is 9.70. The van der Waals surface area contributed by atoms with Crippen LogP contribution in [0.4, 0.5) is 5.69 Å². The zero-order valence-corrected chi connectivity index (χ0v) is 27.3. The van der Waals surface area contributed by atoms with Crippen molar-refractivity contribution in [3.63, 3.8) is 0 Å². The van der Waals surface area contributed by atoms with Gasteiger partial charge in [0.05, 0.1) is 30.6 Å². The van der Waals surface area contributed by atoms with Crippen molar-refractivity contribution < 1.29 is 24.2 Å². The lowest BCUT2D eigenvalue weighted by Gasteiger charge is -2.39. The normalized spacial score (nSPS) is 25.2. The summed E-state index contributed by atoms with van der Waals surface area (Å²) in [6, 6.07) is 21.9. The predicted octanol–water partition coefficient (Wildman–Crippen LogP) is 5.36. The second-order valence-electron chi connectivity index (χ2n) is 13.5. The van der Waals surface area contributed by atoms with Crippen molar-refractivity contribution in [3.8, 4) is 0 Å². The molecular weight excluding hydrogens is 590 g/mol. The summed E-state index contributed by atoms with van der Waals surface area (Å²) in [5.74, 6) is -2.19. The molecule has 0 radical (unpaired) electrons. The molecule has 8 nitrogen and oxygen atoms in total. The van der Waals surface area contributed by atoms with Crippen LogP contribution in [0.2, 0.25) is 0 Å². The van der Waals surface area contributed by atoms with Crippen molar-refractivity contribution in [1.29, 1.82) is 0 Å². The number of aliphatic hydroxyl groups is 1. The molecular formula is C39H45N3O5. The van der Waals surface area contributed by atoms with Crippen molar-refractivity contribution in [2.45, 2.75) is 63.4 Å². The molecule has 0 saturated carbocycles. The van der Waals surface area contributed by atoms with Gasteiger partial charge in [0.15, 0.2) is 0 Å². The Morgan fingerprint density at radius 2 is 1.70 bits per heavy atom. The van der Waals surface area contributed by atoms with Crippen LogP contribution in [0.25, 0.3) is 10.8 Å². The fourth-order valence-electron chi connectivity index (χ4n) is 8.21. The van der Waals surface area contributed by atoms with Gasteiger partial charge in [-0.3, -0.25) is 14.4 Å². The smallest absolute Gasteiger partial charge is 0.253 e. The van der Waals surface area contributed by atoms with Gasteiger partial charge < -0.3 is 24.5 Å². The van der Waals surface area contributed by atoms with Crippen molar-refractivity contribution in [2.24, 2.45) is 17.8 Å². The maximum absolute atomic E-state index is 15.0. The minimum absolute atomic E-state index is 0.155. The van der Waals surface area contributed by atoms with Crippen LogP contribution in [0, 0.1) is 17.8 Å². The SMILES string of the molecule is C=CCN(Cc1ccccc1)C(=O)[C@@H]1[C@@H]2CCC3(O2)C(C(=O)N(CC=C)c2ccc4ccccc4c2)N([C@@H](CO)CC(C)C)C(=O)[C@H]13. The average Bonchev–Trinajstić information content (AvgIpc) is 3.73. The fraction of sp³-hybridized carbons (Fsp3) is 0.410. The van der Waals surface area contributed by atoms with Crippen LogP contribution in [0.3, 0.4) is 0 Å². The molecule has 6 rings (SSSR count). The summed E-state index contributed by atoms with van der Waals surface area (Å²) in [7, 11) is 0. The minimum atomic E-state index is -1.19. The Kier molecular flexibility index (Phi) is 9.35. The zero-order chi connectivity index (χ0) is 33.3. The Morgan fingerprint density at radius 3 is 2.38 bits per heavy atom. The molecule has 1 N–H and O–H groups in total. The van der Waals surface area contributed by atoms with Crippen LogP contribution < -0.4 is 4.90 Å². The number of nitrogens with zero attached hydrogens (tertiary/aromatic N) is 3. The highest BCUT2D eigenvalue weighted by Gasteiger charge is 2.75. The van der Waals surface area contributed by atoms with E-state index in [2.05, 4.69) is 13.2 Å². The average molecular weight is 636 g/mol. The van der Waals surface area contributed by atoms with Crippen LogP contribution in [0.15, 0.2) is 98.1 Å². The van der Waals surface area contributed by atoms with E-state index in [0.29, 0.717) is 38.0 Å². The molecule has 3 amide bonds. The van der Waals surface area contributed by atoms with Gasteiger partial charge in [0.1, 0.15) is 11.6 Å². The van der Waals surface area contributed by atoms with E-state index in [0.717, 1.165) is 16.3 Å². The van der Waals surface area contributed by atoms with Crippen LogP contribution >= 0.6 is 0 Å². The molecule has 3 fully saturated rings. The Bertz CT molecular complexity index is 1660. The molecule has 2 bridgehead atoms. The van der Waals surface area contributed by atoms with Gasteiger partial charge in [-0.05, 0) is 53.6 Å². The van der Waals surface area contributed by atoms with E-state index in [1.165, 1.54) is 0 Å². The summed E-state index contributed by atoms with van der Waals surface area (Å²) in [6.07, 6.45) is 4.44. The second-order valence-corrected chi connectivity index (χ2v) is 13.5. The number of carbonyl (C=O) groups excluding carboxylic acids is 3. The summed E-state index contributed by atoms with van der Waals surface area (Å²) in [5.41, 5.74) is 0.471. The van der Waals surface area contributed by atoms with E-state index in [1.54, 1.807) is 26.9 Å². The molecule has 1 spiro atoms. The third kappa shape index (κ3) is 5.78. The molecule has 0 aliphatic carbocycles. The topological polar surface area (TPSA) is 90.4 Å². The quantitative estimate of drug-likeness (QED) is 0.256. The number of aliphatic hydroxyl groups excluding tert-OH is 1. The fourth-order valence-corrected chi connectivity index (χ4v) is 8.21. The van der Waals surface area contributed by atoms with Crippen LogP contribution in [0.5, 0.6) is 0 Å². The Labute approximate surface area is 277 Å². The minimum Gasteiger partial charge on any atom is -0.394 e. The number of amides is 3. The van der Waals surface area contributed by atoms with Gasteiger partial charge in [0.25, 0.3) is 5.91 Å². The Morgan fingerprint density at radius 1 is 1.00 bits per heavy atom. The Balaban J connectivity index is 1.42. The number of anilines is 1. The first kappa shape index (κ1) is 32.7. The largest absolute Gasteiger partial charge is 0.394 e. The van der Waals surface area contributed by atoms with Gasteiger partial charge in [-0.25, -0.2) is 0 Å². The molecule has 3 saturated heterocycles. The molecule has 3 aliphatic rings. The molecule has 3 heterocycles. The summed E-state index contributed by atoms with van der Waals surface area (Å²) < 4.78 is 6.77. The van der Waals surface area contributed by atoms with Crippen molar-refractivity contribution in [1.82, 2.24) is 9.80 Å². The number of hydrogen-bond acceptors (Lipinski definition) is 5. The van der Waals surface area contributed by atoms with E-state index in [9.17, 15) is 14.7 Å². The van der Waals surface area contributed by atoms with Crippen molar-refractivity contribution in [3.05, 3.63) is 104 Å². The standard InChI is InChI=1S/C39H45N3O5/c1-5-20-40(24-27-12-8-7-9-13-27)36(44)33-32-18-19-39(47-32)34(33)37(45)42(31(25-43)22-26(3)4)35(39)38(46)41(21-6-2)30-17-16-28-14-10-11-15-29(28)23-30/h5-17,23,26,31-35,43H,1-2,18-22,24-25H2,3-4H3/t31-,32+,33-,34+,35?,39?/m1/s1. The monoisotopic (exact) mass is 635 g/mol. The molecule has 2 unspecified atom stereocenters. The van der Waals surface area contributed by atoms with Crippen molar-refractivity contribution in [2.75, 3.05) is 24.6 Å². The summed E-state index contributed by atoms with van der Waals surface area (Å²) in [4.78, 5) is 49.2. The highest BCUT2D eigenvalue weighted by molar-refractivity contribution is 6.06. The first-order valence-corrected chi connectivity index (χ1v) is 16.7. The summed E-state index contributed by atoms with van der Waals surface area (Å²) in [6.45, 7) is 12.5. The van der Waals surface area contributed by atoms with E-state index >= 15 is 4.79 Å². The first-order chi connectivity index (χ1) is 22.7. The molecule has 3 aliphatic heterocycles. The molecule has 0 aromatic heterocycles. The summed E-state index contributed by atoms with van der Waals surface area (Å²) in [5, 5.41) is 12.7. The number of benzene rings is 3. The van der Waals surface area contributed by atoms with Gasteiger partial charge in [0.2, 0.25) is 11.8 Å². The Hall–Kier alpha value is -4.27. The highest BCUT2D eigenvalue weighted by atomic mass is 16.5. The van der Waals surface area contributed by atoms with Gasteiger partial charge in [-0.15, -0.1) is 13.2 Å². The molecule has 3 aromatic carbocycles. The molecule has 47 heavy (non-hydrogen) atoms. The lowest BCUT2D eigenvalue weighted by molar-refractivity contribution is -0.147. The van der Waals surface area contributed by atoms with Crippen LogP contribution in [-0.4, -0.2) is 76.1 Å². The number of ether oxygens (including phenoxy) is 1. The van der Waals surface area contributed by atoms with Crippen LogP contribution in [-0.2, 0) is 25.7 Å². The number of fused-ring (bicyclic) bond motifs is 2. The summed E-state index contributed by atoms with van der Waals surface area (Å²) >= 11 is 0. The van der Waals surface area contributed by atoms with Crippen molar-refractivity contribution >= 4 is 34.2 Å². The lowest BCUT2D eigenvalue weighted by Crippen LogP contribution is -2.59. The molecule has 246 valence electrons. The first-order valence-electron chi connectivity index (χ1n) is 16.7. The van der Waals surface area contributed by atoms with Gasteiger partial charge >= 0.3 is 0 Å². The third-order valence-corrected chi connectivity index (χ3v) is 10.1. The number of rotatable bonds is 13. The van der Waals surface area contributed by atoms with Gasteiger partial charge in [0, 0.05) is 25.3 Å². The van der Waals surface area contributed by atoms with E-state index in [1.807, 2.05) is 86.6 Å². The number of likely N-dealkylation sites (tertiary alicyclic amines) is 1. The second kappa shape index (κ2) is 13.5. The maximum Gasteiger partial charge on any atom is 0.253 e. The van der Waals surface area contributed by atoms with E-state index in [4.69, 9.17) is 4.74 Å². The van der Waals surface area contributed by atoms with Crippen LogP contribution in [0.1, 0.15) is 38.7 Å². The molecule has 8 heteroatoms. The predicted molar refractivity (Wildman–Crippen MR) is 183 cm³/mol. The zero-order valence-electron chi connectivity index (χ0n) is 27.3.